The van der Waals surface area contributed by atoms with E-state index in [1.807, 2.05) is 12.1 Å². The maximum Gasteiger partial charge on any atom is 0.172 e. The monoisotopic (exact) mass is 284 g/mol. The average molecular weight is 285 g/mol. The molecule has 3 nitrogen and oxygen atoms in total. The molecule has 0 radical (unpaired) electrons. The zero-order valence-electron chi connectivity index (χ0n) is 10.1. The number of halogens is 1. The van der Waals surface area contributed by atoms with Gasteiger partial charge in [-0.15, -0.1) is 11.8 Å². The SMILES string of the molecule is NC(=NO)c1c(Cl)cccc1SCC1CCCC1. The van der Waals surface area contributed by atoms with E-state index < -0.39 is 0 Å². The largest absolute Gasteiger partial charge is 0.409 e. The fourth-order valence-corrected chi connectivity index (χ4v) is 3.92. The summed E-state index contributed by atoms with van der Waals surface area (Å²) in [5.41, 5.74) is 6.33. The van der Waals surface area contributed by atoms with Crippen LogP contribution in [-0.4, -0.2) is 16.8 Å². The summed E-state index contributed by atoms with van der Waals surface area (Å²) in [5.74, 6) is 1.94. The van der Waals surface area contributed by atoms with Crippen molar-refractivity contribution in [1.29, 1.82) is 0 Å². The lowest BCUT2D eigenvalue weighted by molar-refractivity contribution is 0.318. The van der Waals surface area contributed by atoms with E-state index in [0.29, 0.717) is 10.6 Å². The van der Waals surface area contributed by atoms with E-state index in [1.54, 1.807) is 17.8 Å². The van der Waals surface area contributed by atoms with Crippen molar-refractivity contribution in [2.75, 3.05) is 5.75 Å². The summed E-state index contributed by atoms with van der Waals surface area (Å²) >= 11 is 7.86. The topological polar surface area (TPSA) is 58.6 Å². The van der Waals surface area contributed by atoms with Crippen molar-refractivity contribution in [3.63, 3.8) is 0 Å². The van der Waals surface area contributed by atoms with E-state index in [2.05, 4.69) is 5.16 Å². The van der Waals surface area contributed by atoms with Gasteiger partial charge in [0.25, 0.3) is 0 Å². The van der Waals surface area contributed by atoms with Gasteiger partial charge in [0.2, 0.25) is 0 Å². The van der Waals surface area contributed by atoms with Crippen LogP contribution in [0.1, 0.15) is 31.2 Å². The number of oxime groups is 1. The summed E-state index contributed by atoms with van der Waals surface area (Å²) in [6.07, 6.45) is 5.31. The highest BCUT2D eigenvalue weighted by Gasteiger charge is 2.17. The highest BCUT2D eigenvalue weighted by Crippen LogP contribution is 2.34. The Morgan fingerprint density at radius 1 is 1.44 bits per heavy atom. The van der Waals surface area contributed by atoms with Crippen molar-refractivity contribution >= 4 is 29.2 Å². The molecule has 0 atom stereocenters. The third-order valence-electron chi connectivity index (χ3n) is 3.29. The van der Waals surface area contributed by atoms with Crippen LogP contribution in [0.2, 0.25) is 5.02 Å². The van der Waals surface area contributed by atoms with Gasteiger partial charge in [-0.25, -0.2) is 0 Å². The highest BCUT2D eigenvalue weighted by atomic mass is 35.5. The molecule has 0 amide bonds. The Morgan fingerprint density at radius 3 is 2.83 bits per heavy atom. The van der Waals surface area contributed by atoms with Gasteiger partial charge in [0, 0.05) is 10.6 Å². The molecule has 1 saturated carbocycles. The Kier molecular flexibility index (Phi) is 4.78. The fraction of sp³-hybridized carbons (Fsp3) is 0.462. The van der Waals surface area contributed by atoms with E-state index in [0.717, 1.165) is 16.6 Å². The number of hydrogen-bond acceptors (Lipinski definition) is 3. The Bertz CT molecular complexity index is 445. The lowest BCUT2D eigenvalue weighted by Crippen LogP contribution is -2.15. The van der Waals surface area contributed by atoms with Crippen LogP contribution in [0.3, 0.4) is 0 Å². The van der Waals surface area contributed by atoms with Crippen molar-refractivity contribution in [2.24, 2.45) is 16.8 Å². The Hall–Kier alpha value is -0.870. The molecule has 0 saturated heterocycles. The van der Waals surface area contributed by atoms with Crippen LogP contribution >= 0.6 is 23.4 Å². The number of hydrogen-bond donors (Lipinski definition) is 2. The van der Waals surface area contributed by atoms with Crippen LogP contribution in [-0.2, 0) is 0 Å². The first-order chi connectivity index (χ1) is 8.72. The molecule has 2 rings (SSSR count). The summed E-state index contributed by atoms with van der Waals surface area (Å²) in [6.45, 7) is 0. The fourth-order valence-electron chi connectivity index (χ4n) is 2.31. The molecule has 3 N–H and O–H groups in total. The van der Waals surface area contributed by atoms with Crippen LogP contribution in [0.4, 0.5) is 0 Å². The van der Waals surface area contributed by atoms with Gasteiger partial charge in [-0.1, -0.05) is 35.7 Å². The van der Waals surface area contributed by atoms with Crippen LogP contribution in [0, 0.1) is 5.92 Å². The summed E-state index contributed by atoms with van der Waals surface area (Å²) in [4.78, 5) is 0.990. The molecule has 1 fully saturated rings. The second kappa shape index (κ2) is 6.34. The number of rotatable bonds is 4. The molecular formula is C13H17ClN2OS. The Balaban J connectivity index is 2.13. The lowest BCUT2D eigenvalue weighted by atomic mass is 10.1. The van der Waals surface area contributed by atoms with Gasteiger partial charge in [-0.05, 0) is 30.9 Å². The Morgan fingerprint density at radius 2 is 2.17 bits per heavy atom. The predicted octanol–water partition coefficient (Wildman–Crippen LogP) is 3.72. The molecule has 0 spiro atoms. The van der Waals surface area contributed by atoms with Crippen molar-refractivity contribution in [3.05, 3.63) is 28.8 Å². The normalized spacial score (nSPS) is 17.3. The summed E-state index contributed by atoms with van der Waals surface area (Å²) < 4.78 is 0. The standard InChI is InChI=1S/C13H17ClN2OS/c14-10-6-3-7-11(12(10)13(15)16-17)18-8-9-4-1-2-5-9/h3,6-7,9,17H,1-2,4-5,8H2,(H2,15,16). The first kappa shape index (κ1) is 13.6. The van der Waals surface area contributed by atoms with Crippen molar-refractivity contribution in [3.8, 4) is 0 Å². The summed E-state index contributed by atoms with van der Waals surface area (Å²) in [5, 5.41) is 12.4. The number of amidine groups is 1. The molecule has 18 heavy (non-hydrogen) atoms. The molecule has 0 heterocycles. The predicted molar refractivity (Wildman–Crippen MR) is 76.6 cm³/mol. The third-order valence-corrected chi connectivity index (χ3v) is 4.89. The quantitative estimate of drug-likeness (QED) is 0.291. The molecule has 1 aromatic carbocycles. The molecule has 0 aromatic heterocycles. The molecule has 0 bridgehead atoms. The smallest absolute Gasteiger partial charge is 0.172 e. The molecule has 1 aliphatic carbocycles. The van der Waals surface area contributed by atoms with Gasteiger partial charge in [0.1, 0.15) is 0 Å². The lowest BCUT2D eigenvalue weighted by Gasteiger charge is -2.12. The van der Waals surface area contributed by atoms with E-state index >= 15 is 0 Å². The molecular weight excluding hydrogens is 268 g/mol. The molecule has 1 aromatic rings. The maximum absolute atomic E-state index is 8.81. The zero-order valence-corrected chi connectivity index (χ0v) is 11.7. The zero-order chi connectivity index (χ0) is 13.0. The van der Waals surface area contributed by atoms with Gasteiger partial charge >= 0.3 is 0 Å². The van der Waals surface area contributed by atoms with Crippen LogP contribution in [0.25, 0.3) is 0 Å². The van der Waals surface area contributed by atoms with Crippen LogP contribution < -0.4 is 5.73 Å². The van der Waals surface area contributed by atoms with Gasteiger partial charge in [0.15, 0.2) is 5.84 Å². The van der Waals surface area contributed by atoms with Crippen molar-refractivity contribution < 1.29 is 5.21 Å². The maximum atomic E-state index is 8.81. The highest BCUT2D eigenvalue weighted by molar-refractivity contribution is 7.99. The minimum absolute atomic E-state index is 0.0783. The van der Waals surface area contributed by atoms with E-state index in [1.165, 1.54) is 25.7 Å². The van der Waals surface area contributed by atoms with Gasteiger partial charge in [0.05, 0.1) is 10.6 Å². The van der Waals surface area contributed by atoms with Crippen LogP contribution in [0.5, 0.6) is 0 Å². The third kappa shape index (κ3) is 3.12. The summed E-state index contributed by atoms with van der Waals surface area (Å²) in [6, 6.07) is 5.63. The second-order valence-corrected chi connectivity index (χ2v) is 6.03. The second-order valence-electron chi connectivity index (χ2n) is 4.56. The number of thioether (sulfide) groups is 1. The minimum Gasteiger partial charge on any atom is -0.409 e. The molecule has 1 aliphatic rings. The van der Waals surface area contributed by atoms with Gasteiger partial charge in [-0.2, -0.15) is 0 Å². The minimum atomic E-state index is 0.0783. The van der Waals surface area contributed by atoms with Crippen LogP contribution in [0.15, 0.2) is 28.3 Å². The summed E-state index contributed by atoms with van der Waals surface area (Å²) in [7, 11) is 0. The average Bonchev–Trinajstić information content (AvgIpc) is 2.88. The van der Waals surface area contributed by atoms with Crippen molar-refractivity contribution in [1.82, 2.24) is 0 Å². The molecule has 0 unspecified atom stereocenters. The van der Waals surface area contributed by atoms with Crippen molar-refractivity contribution in [2.45, 2.75) is 30.6 Å². The number of benzene rings is 1. The van der Waals surface area contributed by atoms with Gasteiger partial charge < -0.3 is 10.9 Å². The first-order valence-electron chi connectivity index (χ1n) is 6.11. The number of nitrogens with zero attached hydrogens (tertiary/aromatic N) is 1. The van der Waals surface area contributed by atoms with E-state index in [9.17, 15) is 0 Å². The molecule has 0 aliphatic heterocycles. The molecule has 98 valence electrons. The molecule has 5 heteroatoms. The van der Waals surface area contributed by atoms with E-state index in [-0.39, 0.29) is 5.84 Å². The Labute approximate surface area is 116 Å². The number of nitrogens with two attached hydrogens (primary N) is 1. The van der Waals surface area contributed by atoms with E-state index in [4.69, 9.17) is 22.5 Å². The first-order valence-corrected chi connectivity index (χ1v) is 7.48. The van der Waals surface area contributed by atoms with Gasteiger partial charge in [-0.3, -0.25) is 0 Å².